The Bertz CT molecular complexity index is 817. The molecule has 0 unspecified atom stereocenters. The van der Waals surface area contributed by atoms with E-state index < -0.39 is 0 Å². The van der Waals surface area contributed by atoms with E-state index in [0.717, 1.165) is 10.5 Å². The molecule has 24 heavy (non-hydrogen) atoms. The van der Waals surface area contributed by atoms with Gasteiger partial charge >= 0.3 is 0 Å². The van der Waals surface area contributed by atoms with Gasteiger partial charge in [-0.3, -0.25) is 19.3 Å². The molecule has 0 atom stereocenters. The summed E-state index contributed by atoms with van der Waals surface area (Å²) in [5.74, 6) is -0.908. The van der Waals surface area contributed by atoms with Gasteiger partial charge in [0.05, 0.1) is 6.42 Å². The van der Waals surface area contributed by atoms with Crippen LogP contribution >= 0.6 is 0 Å². The quantitative estimate of drug-likeness (QED) is 0.663. The summed E-state index contributed by atoms with van der Waals surface area (Å²) in [6.07, 6.45) is 0.215. The number of benzene rings is 2. The molecule has 1 aliphatic heterocycles. The molecule has 1 heterocycles. The van der Waals surface area contributed by atoms with E-state index in [1.165, 1.54) is 0 Å². The number of hydrogen-bond donors (Lipinski definition) is 2. The van der Waals surface area contributed by atoms with Crippen molar-refractivity contribution >= 4 is 29.1 Å². The number of anilines is 2. The zero-order valence-corrected chi connectivity index (χ0v) is 13.0. The Morgan fingerprint density at radius 1 is 1.12 bits per heavy atom. The highest BCUT2D eigenvalue weighted by molar-refractivity contribution is 6.10. The third-order valence-electron chi connectivity index (χ3n) is 3.87. The molecule has 0 aromatic heterocycles. The van der Waals surface area contributed by atoms with Gasteiger partial charge in [-0.25, -0.2) is 0 Å². The highest BCUT2D eigenvalue weighted by Crippen LogP contribution is 2.20. The first-order valence-corrected chi connectivity index (χ1v) is 7.62. The summed E-state index contributed by atoms with van der Waals surface area (Å²) >= 11 is 0. The Morgan fingerprint density at radius 2 is 1.92 bits per heavy atom. The number of nitrogen functional groups attached to an aromatic ring is 1. The molecule has 3 rings (SSSR count). The predicted molar refractivity (Wildman–Crippen MR) is 90.3 cm³/mol. The molecular formula is C18H17N3O3. The van der Waals surface area contributed by atoms with Crippen LogP contribution in [0, 0.1) is 0 Å². The fourth-order valence-electron chi connectivity index (χ4n) is 2.68. The summed E-state index contributed by atoms with van der Waals surface area (Å²) in [7, 11) is 0. The maximum absolute atomic E-state index is 12.4. The summed E-state index contributed by atoms with van der Waals surface area (Å²) < 4.78 is 0. The Labute approximate surface area is 139 Å². The molecule has 2 aromatic rings. The minimum absolute atomic E-state index is 0.0362. The number of nitrogens with one attached hydrogen (secondary N) is 1. The lowest BCUT2D eigenvalue weighted by atomic mass is 9.98. The zero-order valence-electron chi connectivity index (χ0n) is 13.0. The van der Waals surface area contributed by atoms with Crippen molar-refractivity contribution in [1.82, 2.24) is 4.90 Å². The van der Waals surface area contributed by atoms with Crippen LogP contribution in [0.15, 0.2) is 48.5 Å². The van der Waals surface area contributed by atoms with Crippen molar-refractivity contribution < 1.29 is 14.4 Å². The number of hydrogen-bond acceptors (Lipinski definition) is 4. The molecule has 0 saturated heterocycles. The van der Waals surface area contributed by atoms with Gasteiger partial charge in [-0.15, -0.1) is 0 Å². The molecule has 6 heteroatoms. The average molecular weight is 323 g/mol. The van der Waals surface area contributed by atoms with E-state index in [4.69, 9.17) is 5.73 Å². The second-order valence-corrected chi connectivity index (χ2v) is 5.61. The van der Waals surface area contributed by atoms with Crippen LogP contribution in [0.3, 0.4) is 0 Å². The molecule has 0 bridgehead atoms. The van der Waals surface area contributed by atoms with Gasteiger partial charge in [0.25, 0.3) is 5.91 Å². The minimum atomic E-state index is -0.349. The van der Waals surface area contributed by atoms with Gasteiger partial charge in [-0.1, -0.05) is 24.3 Å². The average Bonchev–Trinajstić information content (AvgIpc) is 2.54. The third kappa shape index (κ3) is 3.27. The normalized spacial score (nSPS) is 13.6. The first-order chi connectivity index (χ1) is 11.5. The molecule has 122 valence electrons. The number of amides is 3. The second-order valence-electron chi connectivity index (χ2n) is 5.61. The molecule has 1 aliphatic rings. The standard InChI is InChI=1S/C18H17N3O3/c19-13-5-3-6-14(11-13)20-16(22)8-9-21-17(23)10-12-4-1-2-7-15(12)18(21)24/h1-7,11H,8-10,19H2,(H,20,22). The lowest BCUT2D eigenvalue weighted by Crippen LogP contribution is -2.43. The lowest BCUT2D eigenvalue weighted by molar-refractivity contribution is -0.128. The minimum Gasteiger partial charge on any atom is -0.399 e. The summed E-state index contributed by atoms with van der Waals surface area (Å²) in [4.78, 5) is 37.7. The van der Waals surface area contributed by atoms with E-state index in [1.54, 1.807) is 48.5 Å². The molecule has 6 nitrogen and oxygen atoms in total. The van der Waals surface area contributed by atoms with Gasteiger partial charge in [0.2, 0.25) is 11.8 Å². The number of imide groups is 1. The fourth-order valence-corrected chi connectivity index (χ4v) is 2.68. The van der Waals surface area contributed by atoms with Crippen LogP contribution in [0.25, 0.3) is 0 Å². The molecule has 0 fully saturated rings. The topological polar surface area (TPSA) is 92.5 Å². The van der Waals surface area contributed by atoms with Crippen molar-refractivity contribution in [3.63, 3.8) is 0 Å². The Hall–Kier alpha value is -3.15. The van der Waals surface area contributed by atoms with Crippen molar-refractivity contribution in [2.75, 3.05) is 17.6 Å². The van der Waals surface area contributed by atoms with Gasteiger partial charge < -0.3 is 11.1 Å². The number of fused-ring (bicyclic) bond motifs is 1. The van der Waals surface area contributed by atoms with Gasteiger partial charge in [0.15, 0.2) is 0 Å². The Morgan fingerprint density at radius 3 is 2.71 bits per heavy atom. The van der Waals surface area contributed by atoms with E-state index in [-0.39, 0.29) is 37.1 Å². The second kappa shape index (κ2) is 6.54. The van der Waals surface area contributed by atoms with Crippen LogP contribution in [0.5, 0.6) is 0 Å². The van der Waals surface area contributed by atoms with Crippen LogP contribution < -0.4 is 11.1 Å². The fraction of sp³-hybridized carbons (Fsp3) is 0.167. The molecule has 3 amide bonds. The van der Waals surface area contributed by atoms with E-state index in [2.05, 4.69) is 5.32 Å². The summed E-state index contributed by atoms with van der Waals surface area (Å²) in [5, 5.41) is 2.70. The smallest absolute Gasteiger partial charge is 0.260 e. The highest BCUT2D eigenvalue weighted by atomic mass is 16.2. The first kappa shape index (κ1) is 15.7. The highest BCUT2D eigenvalue weighted by Gasteiger charge is 2.30. The number of nitrogens with zero attached hydrogens (tertiary/aromatic N) is 1. The van der Waals surface area contributed by atoms with Gasteiger partial charge in [-0.2, -0.15) is 0 Å². The number of carbonyl (C=O) groups excluding carboxylic acids is 3. The van der Waals surface area contributed by atoms with Crippen LogP contribution in [0.2, 0.25) is 0 Å². The Kier molecular flexibility index (Phi) is 4.29. The zero-order chi connectivity index (χ0) is 17.1. The SMILES string of the molecule is Nc1cccc(NC(=O)CCN2C(=O)Cc3ccccc3C2=O)c1. The first-order valence-electron chi connectivity index (χ1n) is 7.62. The van der Waals surface area contributed by atoms with E-state index in [0.29, 0.717) is 16.9 Å². The molecular weight excluding hydrogens is 306 g/mol. The molecule has 3 N–H and O–H groups in total. The monoisotopic (exact) mass is 323 g/mol. The number of rotatable bonds is 4. The van der Waals surface area contributed by atoms with E-state index >= 15 is 0 Å². The molecule has 0 radical (unpaired) electrons. The Balaban J connectivity index is 1.63. The van der Waals surface area contributed by atoms with Gasteiger partial charge in [-0.05, 0) is 29.8 Å². The van der Waals surface area contributed by atoms with E-state index in [1.807, 2.05) is 0 Å². The molecule has 0 saturated carbocycles. The third-order valence-corrected chi connectivity index (χ3v) is 3.87. The summed E-state index contributed by atoms with van der Waals surface area (Å²) in [6, 6.07) is 13.9. The van der Waals surface area contributed by atoms with Crippen LogP contribution in [0.4, 0.5) is 11.4 Å². The van der Waals surface area contributed by atoms with Crippen LogP contribution in [0.1, 0.15) is 22.3 Å². The van der Waals surface area contributed by atoms with E-state index in [9.17, 15) is 14.4 Å². The number of carbonyl (C=O) groups is 3. The molecule has 0 aliphatic carbocycles. The van der Waals surface area contributed by atoms with Gasteiger partial charge in [0, 0.05) is 29.9 Å². The van der Waals surface area contributed by atoms with Crippen molar-refractivity contribution in [2.24, 2.45) is 0 Å². The van der Waals surface area contributed by atoms with Crippen molar-refractivity contribution in [2.45, 2.75) is 12.8 Å². The maximum atomic E-state index is 12.4. The largest absolute Gasteiger partial charge is 0.399 e. The molecule has 2 aromatic carbocycles. The lowest BCUT2D eigenvalue weighted by Gasteiger charge is -2.26. The van der Waals surface area contributed by atoms with Crippen molar-refractivity contribution in [3.8, 4) is 0 Å². The van der Waals surface area contributed by atoms with Crippen molar-refractivity contribution in [1.29, 1.82) is 0 Å². The van der Waals surface area contributed by atoms with Crippen LogP contribution in [-0.2, 0) is 16.0 Å². The van der Waals surface area contributed by atoms with Crippen molar-refractivity contribution in [3.05, 3.63) is 59.7 Å². The maximum Gasteiger partial charge on any atom is 0.260 e. The summed E-state index contributed by atoms with van der Waals surface area (Å²) in [5.41, 5.74) is 8.04. The predicted octanol–water partition coefficient (Wildman–Crippen LogP) is 1.82. The van der Waals surface area contributed by atoms with Crippen LogP contribution in [-0.4, -0.2) is 29.2 Å². The van der Waals surface area contributed by atoms with Gasteiger partial charge in [0.1, 0.15) is 0 Å². The number of nitrogens with two attached hydrogens (primary N) is 1. The summed E-state index contributed by atoms with van der Waals surface area (Å²) in [6.45, 7) is 0.0557. The molecule has 0 spiro atoms.